The Morgan fingerprint density at radius 1 is 0.425 bits per heavy atom. The maximum Gasteiger partial charge on any atom is 0.248 e. The van der Waals surface area contributed by atoms with Gasteiger partial charge >= 0.3 is 0 Å². The van der Waals surface area contributed by atoms with Crippen LogP contribution in [0.1, 0.15) is 11.1 Å². The first-order valence-corrected chi connectivity index (χ1v) is 13.1. The van der Waals surface area contributed by atoms with Crippen molar-refractivity contribution in [2.45, 2.75) is 0 Å². The fourth-order valence-electron chi connectivity index (χ4n) is 5.00. The van der Waals surface area contributed by atoms with Crippen molar-refractivity contribution in [1.82, 2.24) is 0 Å². The number of amides is 2. The van der Waals surface area contributed by atoms with E-state index in [1.165, 1.54) is 0 Å². The molecule has 2 N–H and O–H groups in total. The van der Waals surface area contributed by atoms with Crippen molar-refractivity contribution in [3.8, 4) is 0 Å². The van der Waals surface area contributed by atoms with E-state index in [9.17, 15) is 9.59 Å². The minimum atomic E-state index is -0.229. The quantitative estimate of drug-likeness (QED) is 0.217. The van der Waals surface area contributed by atoms with Gasteiger partial charge in [0.05, 0.1) is 0 Å². The van der Waals surface area contributed by atoms with Gasteiger partial charge in [0.2, 0.25) is 11.8 Å². The summed E-state index contributed by atoms with van der Waals surface area (Å²) in [5.41, 5.74) is 3.31. The number of fused-ring (bicyclic) bond motifs is 3. The molecular weight excluding hydrogens is 492 g/mol. The lowest BCUT2D eigenvalue weighted by atomic mass is 10.0. The summed E-state index contributed by atoms with van der Waals surface area (Å²) in [7, 11) is 0. The van der Waals surface area contributed by atoms with Crippen LogP contribution in [-0.4, -0.2) is 11.8 Å². The summed E-state index contributed by atoms with van der Waals surface area (Å²) >= 11 is 0. The molecule has 4 nitrogen and oxygen atoms in total. The number of carbonyl (C=O) groups excluding carboxylic acids is 2. The molecule has 0 spiro atoms. The summed E-state index contributed by atoms with van der Waals surface area (Å²) < 4.78 is 0. The molecule has 0 aromatic heterocycles. The first-order valence-electron chi connectivity index (χ1n) is 13.1. The zero-order valence-electron chi connectivity index (χ0n) is 21.7. The van der Waals surface area contributed by atoms with E-state index in [1.807, 2.05) is 109 Å². The largest absolute Gasteiger partial charge is 0.322 e. The predicted octanol–water partition coefficient (Wildman–Crippen LogP) is 8.45. The molecule has 0 aliphatic rings. The molecule has 2 amide bonds. The Labute approximate surface area is 232 Å². The molecule has 0 fully saturated rings. The van der Waals surface area contributed by atoms with Gasteiger partial charge in [0.25, 0.3) is 0 Å². The Hall–Kier alpha value is -5.48. The standard InChI is InChI=1S/C36H26N2O2/c39-35(23-21-27-13-5-11-25-9-1-3-15-29(25)27)37-33-19-7-18-32-31(33)17-8-20-34(32)38-36(40)24-22-28-14-6-12-26-10-2-4-16-30(26)28/h1-24H,(H,37,39)(H,38,40). The molecule has 0 bridgehead atoms. The third kappa shape index (κ3) is 5.24. The van der Waals surface area contributed by atoms with E-state index in [4.69, 9.17) is 0 Å². The Morgan fingerprint density at radius 2 is 0.800 bits per heavy atom. The molecule has 6 aromatic rings. The summed E-state index contributed by atoms with van der Waals surface area (Å²) in [6, 6.07) is 39.6. The molecule has 0 aliphatic carbocycles. The fraction of sp³-hybridized carbons (Fsp3) is 0. The van der Waals surface area contributed by atoms with Crippen molar-refractivity contribution in [3.63, 3.8) is 0 Å². The number of hydrogen-bond donors (Lipinski definition) is 2. The van der Waals surface area contributed by atoms with Crippen LogP contribution in [0.5, 0.6) is 0 Å². The molecule has 6 rings (SSSR count). The fourth-order valence-corrected chi connectivity index (χ4v) is 5.00. The third-order valence-corrected chi connectivity index (χ3v) is 6.91. The van der Waals surface area contributed by atoms with E-state index in [0.29, 0.717) is 11.4 Å². The van der Waals surface area contributed by atoms with Crippen LogP contribution in [0.2, 0.25) is 0 Å². The molecule has 40 heavy (non-hydrogen) atoms. The van der Waals surface area contributed by atoms with E-state index in [0.717, 1.165) is 43.4 Å². The topological polar surface area (TPSA) is 58.2 Å². The predicted molar refractivity (Wildman–Crippen MR) is 167 cm³/mol. The zero-order valence-corrected chi connectivity index (χ0v) is 21.7. The molecule has 0 saturated carbocycles. The smallest absolute Gasteiger partial charge is 0.248 e. The molecular formula is C36H26N2O2. The Morgan fingerprint density at radius 3 is 1.27 bits per heavy atom. The lowest BCUT2D eigenvalue weighted by molar-refractivity contribution is -0.112. The van der Waals surface area contributed by atoms with Gasteiger partial charge in [-0.1, -0.05) is 109 Å². The van der Waals surface area contributed by atoms with E-state index < -0.39 is 0 Å². The van der Waals surface area contributed by atoms with E-state index in [2.05, 4.69) is 34.9 Å². The highest BCUT2D eigenvalue weighted by Gasteiger charge is 2.09. The van der Waals surface area contributed by atoms with Crippen LogP contribution in [0.15, 0.2) is 133 Å². The molecule has 0 radical (unpaired) electrons. The summed E-state index contributed by atoms with van der Waals surface area (Å²) in [4.78, 5) is 25.7. The summed E-state index contributed by atoms with van der Waals surface area (Å²) in [5, 5.41) is 12.1. The second-order valence-electron chi connectivity index (χ2n) is 9.49. The van der Waals surface area contributed by atoms with Crippen molar-refractivity contribution in [3.05, 3.63) is 145 Å². The average Bonchev–Trinajstić information content (AvgIpc) is 2.99. The second-order valence-corrected chi connectivity index (χ2v) is 9.49. The van der Waals surface area contributed by atoms with Crippen molar-refractivity contribution >= 4 is 67.7 Å². The highest BCUT2D eigenvalue weighted by molar-refractivity contribution is 6.13. The van der Waals surface area contributed by atoms with Crippen molar-refractivity contribution in [1.29, 1.82) is 0 Å². The van der Waals surface area contributed by atoms with Crippen LogP contribution >= 0.6 is 0 Å². The molecule has 0 saturated heterocycles. The molecule has 6 aromatic carbocycles. The van der Waals surface area contributed by atoms with E-state index >= 15 is 0 Å². The van der Waals surface area contributed by atoms with Crippen molar-refractivity contribution in [2.24, 2.45) is 0 Å². The van der Waals surface area contributed by atoms with Crippen molar-refractivity contribution < 1.29 is 9.59 Å². The molecule has 192 valence electrons. The van der Waals surface area contributed by atoms with Gasteiger partial charge in [0, 0.05) is 34.3 Å². The highest BCUT2D eigenvalue weighted by Crippen LogP contribution is 2.30. The summed E-state index contributed by atoms with van der Waals surface area (Å²) in [6.45, 7) is 0. The maximum atomic E-state index is 12.9. The normalized spacial score (nSPS) is 11.5. The number of anilines is 2. The van der Waals surface area contributed by atoms with Gasteiger partial charge < -0.3 is 10.6 Å². The van der Waals surface area contributed by atoms with Crippen LogP contribution in [0.25, 0.3) is 44.5 Å². The molecule has 0 atom stereocenters. The van der Waals surface area contributed by atoms with E-state index in [1.54, 1.807) is 12.2 Å². The van der Waals surface area contributed by atoms with Crippen molar-refractivity contribution in [2.75, 3.05) is 10.6 Å². The van der Waals surface area contributed by atoms with Gasteiger partial charge in [-0.05, 0) is 57.0 Å². The average molecular weight is 519 g/mol. The summed E-state index contributed by atoms with van der Waals surface area (Å²) in [5.74, 6) is -0.458. The van der Waals surface area contributed by atoms with E-state index in [-0.39, 0.29) is 11.8 Å². The number of rotatable bonds is 6. The number of benzene rings is 6. The van der Waals surface area contributed by atoms with Crippen LogP contribution in [0.4, 0.5) is 11.4 Å². The van der Waals surface area contributed by atoms with Crippen LogP contribution in [0.3, 0.4) is 0 Å². The lowest BCUT2D eigenvalue weighted by Gasteiger charge is -2.11. The van der Waals surface area contributed by atoms with Gasteiger partial charge in [-0.15, -0.1) is 0 Å². The second kappa shape index (κ2) is 11.1. The maximum absolute atomic E-state index is 12.9. The SMILES string of the molecule is O=C(C=Cc1cccc2ccccc12)Nc1cccc2c(NC(=O)C=Cc3cccc4ccccc34)cccc12. The van der Waals surface area contributed by atoms with Gasteiger partial charge in [0.15, 0.2) is 0 Å². The molecule has 4 heteroatoms. The highest BCUT2D eigenvalue weighted by atomic mass is 16.2. The van der Waals surface area contributed by atoms with Gasteiger partial charge in [-0.25, -0.2) is 0 Å². The zero-order chi connectivity index (χ0) is 27.3. The molecule has 0 aliphatic heterocycles. The summed E-state index contributed by atoms with van der Waals surface area (Å²) in [6.07, 6.45) is 6.75. The minimum Gasteiger partial charge on any atom is -0.322 e. The number of nitrogens with one attached hydrogen (secondary N) is 2. The number of carbonyl (C=O) groups is 2. The number of hydrogen-bond acceptors (Lipinski definition) is 2. The van der Waals surface area contributed by atoms with Gasteiger partial charge in [0.1, 0.15) is 0 Å². The van der Waals surface area contributed by atoms with Gasteiger partial charge in [-0.3, -0.25) is 9.59 Å². The Kier molecular flexibility index (Phi) is 6.89. The van der Waals surface area contributed by atoms with Crippen LogP contribution in [0, 0.1) is 0 Å². The van der Waals surface area contributed by atoms with Crippen LogP contribution < -0.4 is 10.6 Å². The van der Waals surface area contributed by atoms with Gasteiger partial charge in [-0.2, -0.15) is 0 Å². The monoisotopic (exact) mass is 518 g/mol. The third-order valence-electron chi connectivity index (χ3n) is 6.91. The first kappa shape index (κ1) is 24.8. The molecule has 0 unspecified atom stereocenters. The Bertz CT molecular complexity index is 1800. The minimum absolute atomic E-state index is 0.229. The van der Waals surface area contributed by atoms with Crippen LogP contribution in [-0.2, 0) is 9.59 Å². The lowest BCUT2D eigenvalue weighted by Crippen LogP contribution is -2.10. The molecule has 0 heterocycles. The Balaban J connectivity index is 1.20. The first-order chi connectivity index (χ1) is 19.7.